The van der Waals surface area contributed by atoms with Gasteiger partial charge in [-0.25, -0.2) is 0 Å². The maximum Gasteiger partial charge on any atom is 0.282 e. The van der Waals surface area contributed by atoms with Gasteiger partial charge in [-0.1, -0.05) is 6.07 Å². The Morgan fingerprint density at radius 1 is 1.04 bits per heavy atom. The highest BCUT2D eigenvalue weighted by Crippen LogP contribution is 2.26. The summed E-state index contributed by atoms with van der Waals surface area (Å²) in [5.74, 6) is 0. The highest BCUT2D eigenvalue weighted by atomic mass is 32.2. The molecule has 0 aromatic heterocycles. The SMILES string of the molecule is COCC1CCCN1S(=O)(=O)N1CCN(c2cc(C)cc(C)c2)CC1. The van der Waals surface area contributed by atoms with E-state index in [1.807, 2.05) is 0 Å². The summed E-state index contributed by atoms with van der Waals surface area (Å²) in [6, 6.07) is 6.49. The highest BCUT2D eigenvalue weighted by Gasteiger charge is 2.39. The summed E-state index contributed by atoms with van der Waals surface area (Å²) in [6.07, 6.45) is 1.80. The van der Waals surface area contributed by atoms with Crippen molar-refractivity contribution < 1.29 is 13.2 Å². The van der Waals surface area contributed by atoms with Gasteiger partial charge in [0.15, 0.2) is 0 Å². The van der Waals surface area contributed by atoms with E-state index in [-0.39, 0.29) is 6.04 Å². The highest BCUT2D eigenvalue weighted by molar-refractivity contribution is 7.86. The minimum atomic E-state index is -3.40. The average molecular weight is 368 g/mol. The van der Waals surface area contributed by atoms with Crippen LogP contribution in [0.1, 0.15) is 24.0 Å². The Morgan fingerprint density at radius 3 is 2.28 bits per heavy atom. The van der Waals surface area contributed by atoms with Crippen molar-refractivity contribution in [1.82, 2.24) is 8.61 Å². The summed E-state index contributed by atoms with van der Waals surface area (Å²) in [5, 5.41) is 0. The van der Waals surface area contributed by atoms with Gasteiger partial charge in [0.2, 0.25) is 0 Å². The molecular formula is C18H29N3O3S. The Balaban J connectivity index is 1.67. The van der Waals surface area contributed by atoms with Crippen LogP contribution in [-0.4, -0.2) is 69.5 Å². The van der Waals surface area contributed by atoms with E-state index in [9.17, 15) is 8.42 Å². The van der Waals surface area contributed by atoms with Crippen LogP contribution >= 0.6 is 0 Å². The minimum absolute atomic E-state index is 0.0209. The number of aryl methyl sites for hydroxylation is 2. The molecule has 2 heterocycles. The number of hydrogen-bond donors (Lipinski definition) is 0. The third-order valence-electron chi connectivity index (χ3n) is 5.12. The van der Waals surface area contributed by atoms with Crippen LogP contribution in [0.25, 0.3) is 0 Å². The molecule has 0 spiro atoms. The van der Waals surface area contributed by atoms with Gasteiger partial charge in [-0.15, -0.1) is 0 Å². The van der Waals surface area contributed by atoms with Crippen LogP contribution in [0.15, 0.2) is 18.2 Å². The van der Waals surface area contributed by atoms with Crippen LogP contribution in [0, 0.1) is 13.8 Å². The molecule has 2 fully saturated rings. The molecule has 0 bridgehead atoms. The maximum absolute atomic E-state index is 13.0. The summed E-state index contributed by atoms with van der Waals surface area (Å²) < 4.78 is 34.5. The molecule has 6 nitrogen and oxygen atoms in total. The van der Waals surface area contributed by atoms with Crippen LogP contribution < -0.4 is 4.90 Å². The molecule has 2 aliphatic rings. The molecule has 1 atom stereocenters. The Morgan fingerprint density at radius 2 is 1.68 bits per heavy atom. The van der Waals surface area contributed by atoms with Gasteiger partial charge in [0.05, 0.1) is 6.61 Å². The lowest BCUT2D eigenvalue weighted by molar-refractivity contribution is 0.145. The van der Waals surface area contributed by atoms with Crippen LogP contribution in [0.5, 0.6) is 0 Å². The molecule has 140 valence electrons. The zero-order chi connectivity index (χ0) is 18.0. The number of hydrogen-bond acceptors (Lipinski definition) is 4. The predicted octanol–water partition coefficient (Wildman–Crippen LogP) is 1.78. The molecule has 1 aromatic rings. The largest absolute Gasteiger partial charge is 0.383 e. The van der Waals surface area contributed by atoms with E-state index in [0.29, 0.717) is 26.2 Å². The molecule has 25 heavy (non-hydrogen) atoms. The van der Waals surface area contributed by atoms with Gasteiger partial charge in [-0.05, 0) is 49.9 Å². The first-order valence-corrected chi connectivity index (χ1v) is 10.4. The number of methoxy groups -OCH3 is 1. The van der Waals surface area contributed by atoms with E-state index in [2.05, 4.69) is 36.9 Å². The van der Waals surface area contributed by atoms with Crippen molar-refractivity contribution in [3.05, 3.63) is 29.3 Å². The van der Waals surface area contributed by atoms with Gasteiger partial charge < -0.3 is 9.64 Å². The lowest BCUT2D eigenvalue weighted by Crippen LogP contribution is -2.54. The zero-order valence-electron chi connectivity index (χ0n) is 15.4. The molecule has 0 radical (unpaired) electrons. The smallest absolute Gasteiger partial charge is 0.282 e. The first kappa shape index (κ1) is 18.6. The molecule has 1 aromatic carbocycles. The van der Waals surface area contributed by atoms with Crippen molar-refractivity contribution in [3.63, 3.8) is 0 Å². The standard InChI is InChI=1S/C18H29N3O3S/c1-15-11-16(2)13-18(12-15)19-7-9-20(10-8-19)25(22,23)21-6-4-5-17(21)14-24-3/h11-13,17H,4-10,14H2,1-3H3. The first-order chi connectivity index (χ1) is 11.9. The molecule has 3 rings (SSSR count). The number of benzene rings is 1. The summed E-state index contributed by atoms with van der Waals surface area (Å²) >= 11 is 0. The van der Waals surface area contributed by atoms with Crippen LogP contribution in [0.2, 0.25) is 0 Å². The lowest BCUT2D eigenvalue weighted by Gasteiger charge is -2.38. The quantitative estimate of drug-likeness (QED) is 0.796. The molecule has 0 aliphatic carbocycles. The average Bonchev–Trinajstić information content (AvgIpc) is 3.03. The van der Waals surface area contributed by atoms with E-state index >= 15 is 0 Å². The van der Waals surface area contributed by atoms with Crippen LogP contribution in [0.4, 0.5) is 5.69 Å². The summed E-state index contributed by atoms with van der Waals surface area (Å²) in [5.41, 5.74) is 3.67. The maximum atomic E-state index is 13.0. The number of rotatable bonds is 5. The number of nitrogens with zero attached hydrogens (tertiary/aromatic N) is 3. The van der Waals surface area contributed by atoms with Crippen LogP contribution in [-0.2, 0) is 14.9 Å². The molecule has 0 N–H and O–H groups in total. The molecule has 1 unspecified atom stereocenters. The van der Waals surface area contributed by atoms with E-state index < -0.39 is 10.2 Å². The Bertz CT molecular complexity index is 679. The number of anilines is 1. The summed E-state index contributed by atoms with van der Waals surface area (Å²) in [4.78, 5) is 2.28. The lowest BCUT2D eigenvalue weighted by atomic mass is 10.1. The van der Waals surface area contributed by atoms with Crippen molar-refractivity contribution in [2.75, 3.05) is 51.3 Å². The topological polar surface area (TPSA) is 53.1 Å². The van der Waals surface area contributed by atoms with Gasteiger partial charge in [-0.2, -0.15) is 17.0 Å². The van der Waals surface area contributed by atoms with Crippen molar-refractivity contribution in [2.24, 2.45) is 0 Å². The fraction of sp³-hybridized carbons (Fsp3) is 0.667. The zero-order valence-corrected chi connectivity index (χ0v) is 16.3. The Kier molecular flexibility index (Phi) is 5.68. The molecule has 7 heteroatoms. The van der Waals surface area contributed by atoms with Crippen molar-refractivity contribution in [2.45, 2.75) is 32.7 Å². The second-order valence-corrected chi connectivity index (χ2v) is 8.98. The molecular weight excluding hydrogens is 338 g/mol. The van der Waals surface area contributed by atoms with Crippen molar-refractivity contribution in [1.29, 1.82) is 0 Å². The molecule has 0 saturated carbocycles. The molecule has 0 amide bonds. The predicted molar refractivity (Wildman–Crippen MR) is 100 cm³/mol. The number of piperazine rings is 1. The summed E-state index contributed by atoms with van der Waals surface area (Å²) in [6.45, 7) is 7.79. The van der Waals surface area contributed by atoms with Gasteiger partial charge in [-0.3, -0.25) is 0 Å². The first-order valence-electron chi connectivity index (χ1n) is 9.01. The third-order valence-corrected chi connectivity index (χ3v) is 7.21. The van der Waals surface area contributed by atoms with Crippen molar-refractivity contribution in [3.8, 4) is 0 Å². The van der Waals surface area contributed by atoms with Gasteiger partial charge in [0.25, 0.3) is 10.2 Å². The Labute approximate surface area is 151 Å². The van der Waals surface area contributed by atoms with E-state index in [1.54, 1.807) is 15.7 Å². The second kappa shape index (κ2) is 7.61. The van der Waals surface area contributed by atoms with E-state index in [1.165, 1.54) is 16.8 Å². The fourth-order valence-corrected chi connectivity index (χ4v) is 5.75. The third kappa shape index (κ3) is 4.00. The Hall–Kier alpha value is -1.15. The van der Waals surface area contributed by atoms with Crippen LogP contribution in [0.3, 0.4) is 0 Å². The van der Waals surface area contributed by atoms with Gasteiger partial charge in [0.1, 0.15) is 0 Å². The summed E-state index contributed by atoms with van der Waals surface area (Å²) in [7, 11) is -1.76. The molecule has 2 saturated heterocycles. The fourth-order valence-electron chi connectivity index (χ4n) is 3.93. The normalized spacial score (nSPS) is 23.3. The van der Waals surface area contributed by atoms with Gasteiger partial charge >= 0.3 is 0 Å². The molecule has 2 aliphatic heterocycles. The second-order valence-electron chi connectivity index (χ2n) is 7.10. The number of ether oxygens (including phenoxy) is 1. The monoisotopic (exact) mass is 367 g/mol. The van der Waals surface area contributed by atoms with E-state index in [0.717, 1.165) is 25.9 Å². The van der Waals surface area contributed by atoms with Crippen molar-refractivity contribution >= 4 is 15.9 Å². The van der Waals surface area contributed by atoms with Gasteiger partial charge in [0, 0.05) is 51.6 Å². The van der Waals surface area contributed by atoms with E-state index in [4.69, 9.17) is 4.74 Å². The minimum Gasteiger partial charge on any atom is -0.383 e.